The van der Waals surface area contributed by atoms with E-state index in [9.17, 15) is 14.7 Å². The molecular formula is C28H27N7O3. The van der Waals surface area contributed by atoms with Crippen LogP contribution in [0.3, 0.4) is 0 Å². The number of carbonyl (C=O) groups excluding carboxylic acids is 1. The van der Waals surface area contributed by atoms with Crippen molar-refractivity contribution in [3.63, 3.8) is 0 Å². The molecule has 0 atom stereocenters. The van der Waals surface area contributed by atoms with Gasteiger partial charge in [0.05, 0.1) is 29.6 Å². The van der Waals surface area contributed by atoms with E-state index in [0.29, 0.717) is 28.1 Å². The highest BCUT2D eigenvalue weighted by Gasteiger charge is 2.20. The first-order chi connectivity index (χ1) is 18.2. The first-order valence-corrected chi connectivity index (χ1v) is 12.0. The fourth-order valence-corrected chi connectivity index (χ4v) is 4.25. The van der Waals surface area contributed by atoms with Gasteiger partial charge >= 0.3 is 0 Å². The molecule has 5 aromatic rings. The molecule has 0 saturated carbocycles. The van der Waals surface area contributed by atoms with Gasteiger partial charge in [-0.25, -0.2) is 9.67 Å². The smallest absolute Gasteiger partial charge is 0.279 e. The number of hydrogen-bond acceptors (Lipinski definition) is 7. The predicted octanol–water partition coefficient (Wildman–Crippen LogP) is 3.60. The molecule has 0 spiro atoms. The van der Waals surface area contributed by atoms with E-state index >= 15 is 0 Å². The molecule has 0 aliphatic rings. The summed E-state index contributed by atoms with van der Waals surface area (Å²) in [6.07, 6.45) is 4.72. The number of aliphatic hydroxyl groups is 1. The fourth-order valence-electron chi connectivity index (χ4n) is 4.25. The standard InChI is InChI=1S/C28H27N7O3/c1-28(2,3)18-10-11-19-17(13-18)14-31-35(27(19)38)23-8-6-7-22(21(23)16-36)34-15-20(25(29)37)26(33-34)32-24-9-4-5-12-30-24/h4-15,36H,16H2,1-3H3,(H2,29,37)(H,30,32,33). The number of aliphatic hydroxyl groups excluding tert-OH is 1. The van der Waals surface area contributed by atoms with Gasteiger partial charge in [-0.1, -0.05) is 39.0 Å². The van der Waals surface area contributed by atoms with E-state index in [2.05, 4.69) is 41.3 Å². The van der Waals surface area contributed by atoms with Crippen molar-refractivity contribution < 1.29 is 9.90 Å². The highest BCUT2D eigenvalue weighted by molar-refractivity contribution is 5.98. The summed E-state index contributed by atoms with van der Waals surface area (Å²) in [5, 5.41) is 23.5. The van der Waals surface area contributed by atoms with Crippen LogP contribution in [0.4, 0.5) is 11.6 Å². The maximum atomic E-state index is 13.5. The summed E-state index contributed by atoms with van der Waals surface area (Å²) in [6, 6.07) is 16.2. The Morgan fingerprint density at radius 3 is 2.55 bits per heavy atom. The van der Waals surface area contributed by atoms with Crippen LogP contribution in [-0.4, -0.2) is 35.6 Å². The van der Waals surface area contributed by atoms with Gasteiger partial charge in [-0.2, -0.15) is 9.78 Å². The van der Waals surface area contributed by atoms with E-state index in [1.54, 1.807) is 54.9 Å². The van der Waals surface area contributed by atoms with Crippen LogP contribution >= 0.6 is 0 Å². The zero-order valence-electron chi connectivity index (χ0n) is 21.2. The van der Waals surface area contributed by atoms with E-state index < -0.39 is 12.5 Å². The van der Waals surface area contributed by atoms with Crippen LogP contribution in [0.1, 0.15) is 42.3 Å². The van der Waals surface area contributed by atoms with Crippen molar-refractivity contribution in [2.45, 2.75) is 32.8 Å². The zero-order chi connectivity index (χ0) is 27.0. The van der Waals surface area contributed by atoms with Crippen molar-refractivity contribution in [3.8, 4) is 11.4 Å². The molecule has 2 aromatic carbocycles. The Morgan fingerprint density at radius 2 is 1.87 bits per heavy atom. The van der Waals surface area contributed by atoms with Crippen molar-refractivity contribution in [2.75, 3.05) is 5.32 Å². The van der Waals surface area contributed by atoms with Gasteiger partial charge in [-0.15, -0.1) is 5.10 Å². The number of aromatic nitrogens is 5. The second-order valence-electron chi connectivity index (χ2n) is 9.89. The molecule has 0 aliphatic heterocycles. The number of hydrogen-bond donors (Lipinski definition) is 3. The van der Waals surface area contributed by atoms with E-state index in [-0.39, 0.29) is 22.4 Å². The normalized spacial score (nSPS) is 11.6. The van der Waals surface area contributed by atoms with Crippen molar-refractivity contribution >= 4 is 28.3 Å². The molecule has 4 N–H and O–H groups in total. The third-order valence-corrected chi connectivity index (χ3v) is 6.30. The molecule has 0 aliphatic carbocycles. The highest BCUT2D eigenvalue weighted by atomic mass is 16.3. The van der Waals surface area contributed by atoms with Gasteiger partial charge in [-0.05, 0) is 47.4 Å². The first kappa shape index (κ1) is 24.8. The van der Waals surface area contributed by atoms with Crippen LogP contribution in [0, 0.1) is 0 Å². The number of primary amides is 1. The quantitative estimate of drug-likeness (QED) is 0.318. The lowest BCUT2D eigenvalue weighted by Crippen LogP contribution is -2.23. The van der Waals surface area contributed by atoms with E-state index in [0.717, 1.165) is 10.9 Å². The molecule has 10 nitrogen and oxygen atoms in total. The van der Waals surface area contributed by atoms with Crippen molar-refractivity contribution in [1.29, 1.82) is 0 Å². The summed E-state index contributed by atoms with van der Waals surface area (Å²) >= 11 is 0. The number of fused-ring (bicyclic) bond motifs is 1. The molecule has 1 amide bonds. The number of carbonyl (C=O) groups is 1. The SMILES string of the molecule is CC(C)(C)c1ccc2c(=O)n(-c3cccc(-n4cc(C(N)=O)c(Nc5ccccn5)n4)c3CO)ncc2c1. The number of benzene rings is 2. The second kappa shape index (κ2) is 9.56. The third kappa shape index (κ3) is 4.53. The van der Waals surface area contributed by atoms with Crippen LogP contribution in [0.5, 0.6) is 0 Å². The molecule has 3 aromatic heterocycles. The van der Waals surface area contributed by atoms with E-state index in [4.69, 9.17) is 5.73 Å². The van der Waals surface area contributed by atoms with Gasteiger partial charge in [0.1, 0.15) is 11.4 Å². The van der Waals surface area contributed by atoms with Gasteiger partial charge < -0.3 is 16.2 Å². The third-order valence-electron chi connectivity index (χ3n) is 6.30. The molecule has 0 fully saturated rings. The monoisotopic (exact) mass is 509 g/mol. The zero-order valence-corrected chi connectivity index (χ0v) is 21.2. The topological polar surface area (TPSA) is 141 Å². The Bertz CT molecular complexity index is 1720. The Morgan fingerprint density at radius 1 is 1.08 bits per heavy atom. The molecule has 0 saturated heterocycles. The number of pyridine rings is 1. The average molecular weight is 510 g/mol. The van der Waals surface area contributed by atoms with Crippen molar-refractivity contribution in [1.82, 2.24) is 24.5 Å². The molecule has 3 heterocycles. The van der Waals surface area contributed by atoms with Crippen molar-refractivity contribution in [2.24, 2.45) is 5.73 Å². The van der Waals surface area contributed by atoms with Gasteiger partial charge in [0.15, 0.2) is 5.82 Å². The minimum Gasteiger partial charge on any atom is -0.392 e. The molecule has 0 bridgehead atoms. The number of nitrogens with two attached hydrogens (primary N) is 1. The van der Waals surface area contributed by atoms with Gasteiger partial charge in [0.2, 0.25) is 0 Å². The van der Waals surface area contributed by atoms with Crippen LogP contribution in [0.15, 0.2) is 78.0 Å². The fraction of sp³-hybridized carbons (Fsp3) is 0.179. The molecule has 0 radical (unpaired) electrons. The Hall–Kier alpha value is -4.83. The largest absolute Gasteiger partial charge is 0.392 e. The summed E-state index contributed by atoms with van der Waals surface area (Å²) in [4.78, 5) is 29.8. The van der Waals surface area contributed by atoms with Crippen LogP contribution in [-0.2, 0) is 12.0 Å². The molecule has 5 rings (SSSR count). The number of nitrogens with zero attached hydrogens (tertiary/aromatic N) is 5. The first-order valence-electron chi connectivity index (χ1n) is 12.0. The molecule has 10 heteroatoms. The lowest BCUT2D eigenvalue weighted by atomic mass is 9.86. The predicted molar refractivity (Wildman–Crippen MR) is 145 cm³/mol. The minimum absolute atomic E-state index is 0.0702. The van der Waals surface area contributed by atoms with Gasteiger partial charge in [0, 0.05) is 23.3 Å². The van der Waals surface area contributed by atoms with E-state index in [1.165, 1.54) is 15.6 Å². The summed E-state index contributed by atoms with van der Waals surface area (Å²) in [5.74, 6) is 0.0116. The highest BCUT2D eigenvalue weighted by Crippen LogP contribution is 2.27. The Balaban J connectivity index is 1.62. The Labute approximate surface area is 218 Å². The van der Waals surface area contributed by atoms with E-state index in [1.807, 2.05) is 12.1 Å². The van der Waals surface area contributed by atoms with Gasteiger partial charge in [0.25, 0.3) is 11.5 Å². The lowest BCUT2D eigenvalue weighted by Gasteiger charge is -2.19. The summed E-state index contributed by atoms with van der Waals surface area (Å²) in [5.41, 5.74) is 7.71. The molecular weight excluding hydrogens is 482 g/mol. The Kier molecular flexibility index (Phi) is 6.25. The molecule has 38 heavy (non-hydrogen) atoms. The summed E-state index contributed by atoms with van der Waals surface area (Å²) in [7, 11) is 0. The maximum Gasteiger partial charge on any atom is 0.279 e. The summed E-state index contributed by atoms with van der Waals surface area (Å²) < 4.78 is 2.70. The van der Waals surface area contributed by atoms with Crippen LogP contribution in [0.25, 0.3) is 22.1 Å². The van der Waals surface area contributed by atoms with Crippen LogP contribution < -0.4 is 16.6 Å². The molecule has 192 valence electrons. The van der Waals surface area contributed by atoms with Crippen LogP contribution in [0.2, 0.25) is 0 Å². The number of rotatable bonds is 6. The number of anilines is 2. The minimum atomic E-state index is -0.682. The van der Waals surface area contributed by atoms with Crippen molar-refractivity contribution in [3.05, 3.63) is 100 Å². The number of amides is 1. The second-order valence-corrected chi connectivity index (χ2v) is 9.89. The van der Waals surface area contributed by atoms with Gasteiger partial charge in [-0.3, -0.25) is 9.59 Å². The molecule has 0 unspecified atom stereocenters. The number of nitrogens with one attached hydrogen (secondary N) is 1. The maximum absolute atomic E-state index is 13.5. The summed E-state index contributed by atoms with van der Waals surface area (Å²) in [6.45, 7) is 5.92. The lowest BCUT2D eigenvalue weighted by molar-refractivity contribution is 0.100. The average Bonchev–Trinajstić information content (AvgIpc) is 3.32.